The third-order valence-electron chi connectivity index (χ3n) is 4.30. The van der Waals surface area contributed by atoms with Gasteiger partial charge in [-0.3, -0.25) is 9.59 Å². The Labute approximate surface area is 183 Å². The van der Waals surface area contributed by atoms with Crippen LogP contribution in [0.15, 0.2) is 30.3 Å². The first-order valence-corrected chi connectivity index (χ1v) is 10.5. The number of benzene rings is 1. The quantitative estimate of drug-likeness (QED) is 0.387. The van der Waals surface area contributed by atoms with Gasteiger partial charge in [-0.25, -0.2) is 4.79 Å². The average molecular weight is 438 g/mol. The number of nitrogens with zero attached hydrogens (tertiary/aromatic N) is 1. The van der Waals surface area contributed by atoms with Crippen LogP contribution in [0, 0.1) is 0 Å². The van der Waals surface area contributed by atoms with Crippen molar-refractivity contribution in [2.24, 2.45) is 0 Å². The van der Waals surface area contributed by atoms with Gasteiger partial charge in [0, 0.05) is 13.1 Å². The fourth-order valence-corrected chi connectivity index (χ4v) is 2.90. The molecule has 0 aliphatic heterocycles. The number of carbonyl (C=O) groups is 3. The normalized spacial score (nSPS) is 13.1. The zero-order chi connectivity index (χ0) is 23.4. The second-order valence-corrected chi connectivity index (χ2v) is 8.09. The summed E-state index contributed by atoms with van der Waals surface area (Å²) in [7, 11) is 0. The summed E-state index contributed by atoms with van der Waals surface area (Å²) >= 11 is 0. The predicted octanol–water partition coefficient (Wildman–Crippen LogP) is 1.35. The van der Waals surface area contributed by atoms with Crippen LogP contribution in [0.4, 0.5) is 4.79 Å². The van der Waals surface area contributed by atoms with Crippen LogP contribution >= 0.6 is 0 Å². The molecule has 0 saturated carbocycles. The zero-order valence-electron chi connectivity index (χ0n) is 18.8. The number of alkyl carbamates (subject to hydrolysis) is 1. The number of ether oxygens (including phenoxy) is 1. The van der Waals surface area contributed by atoms with Crippen molar-refractivity contribution in [1.29, 1.82) is 0 Å². The topological polar surface area (TPSA) is 128 Å². The Hall–Kier alpha value is -2.65. The van der Waals surface area contributed by atoms with E-state index in [1.165, 1.54) is 0 Å². The molecule has 2 atom stereocenters. The highest BCUT2D eigenvalue weighted by molar-refractivity contribution is 5.92. The Kier molecular flexibility index (Phi) is 11.0. The van der Waals surface area contributed by atoms with E-state index in [-0.39, 0.29) is 6.54 Å². The van der Waals surface area contributed by atoms with Gasteiger partial charge in [0.1, 0.15) is 17.7 Å². The second-order valence-electron chi connectivity index (χ2n) is 8.09. The van der Waals surface area contributed by atoms with E-state index in [1.807, 2.05) is 6.92 Å². The van der Waals surface area contributed by atoms with Crippen molar-refractivity contribution < 1.29 is 29.3 Å². The van der Waals surface area contributed by atoms with E-state index in [9.17, 15) is 24.6 Å². The van der Waals surface area contributed by atoms with Gasteiger partial charge in [0.15, 0.2) is 0 Å². The molecule has 0 bridgehead atoms. The first-order chi connectivity index (χ1) is 14.6. The smallest absolute Gasteiger partial charge is 0.408 e. The van der Waals surface area contributed by atoms with E-state index in [4.69, 9.17) is 4.74 Å². The van der Waals surface area contributed by atoms with E-state index in [2.05, 4.69) is 10.6 Å². The summed E-state index contributed by atoms with van der Waals surface area (Å²) < 4.78 is 5.16. The van der Waals surface area contributed by atoms with Crippen LogP contribution in [0.5, 0.6) is 0 Å². The van der Waals surface area contributed by atoms with Gasteiger partial charge in [-0.2, -0.15) is 0 Å². The fourth-order valence-electron chi connectivity index (χ4n) is 2.90. The highest BCUT2D eigenvalue weighted by Crippen LogP contribution is 2.22. The third kappa shape index (κ3) is 8.94. The van der Waals surface area contributed by atoms with E-state index in [0.717, 1.165) is 17.7 Å². The molecule has 1 rings (SSSR count). The third-order valence-corrected chi connectivity index (χ3v) is 4.30. The summed E-state index contributed by atoms with van der Waals surface area (Å²) in [4.78, 5) is 39.5. The molecule has 0 heterocycles. The van der Waals surface area contributed by atoms with Gasteiger partial charge in [-0.05, 0) is 32.8 Å². The van der Waals surface area contributed by atoms with E-state index >= 15 is 0 Å². The molecule has 0 spiro atoms. The SMILES string of the molecule is CCCCNC(=O)C(c1ccccc1)N(CCO)C(=O)C(CO)NC(=O)OC(C)(C)C. The van der Waals surface area contributed by atoms with Crippen LogP contribution < -0.4 is 10.6 Å². The molecule has 3 amide bonds. The van der Waals surface area contributed by atoms with Crippen molar-refractivity contribution in [2.45, 2.75) is 58.2 Å². The maximum Gasteiger partial charge on any atom is 0.408 e. The molecule has 4 N–H and O–H groups in total. The van der Waals surface area contributed by atoms with Gasteiger partial charge < -0.3 is 30.5 Å². The molecular weight excluding hydrogens is 402 g/mol. The van der Waals surface area contributed by atoms with Gasteiger partial charge in [-0.1, -0.05) is 43.7 Å². The molecule has 174 valence electrons. The number of rotatable bonds is 11. The largest absolute Gasteiger partial charge is 0.444 e. The number of carbonyl (C=O) groups excluding carboxylic acids is 3. The molecule has 1 aromatic rings. The summed E-state index contributed by atoms with van der Waals surface area (Å²) in [6.45, 7) is 6.20. The molecule has 2 unspecified atom stereocenters. The lowest BCUT2D eigenvalue weighted by atomic mass is 10.0. The lowest BCUT2D eigenvalue weighted by molar-refractivity contribution is -0.143. The lowest BCUT2D eigenvalue weighted by Gasteiger charge is -2.33. The van der Waals surface area contributed by atoms with Crippen molar-refractivity contribution in [1.82, 2.24) is 15.5 Å². The molecule has 0 aliphatic carbocycles. The molecule has 0 aromatic heterocycles. The standard InChI is InChI=1S/C22H35N3O6/c1-5-6-12-23-19(28)18(16-10-8-7-9-11-16)25(13-14-26)20(29)17(15-27)24-21(30)31-22(2,3)4/h7-11,17-18,26-27H,5-6,12-15H2,1-4H3,(H,23,28)(H,24,30). The molecule has 31 heavy (non-hydrogen) atoms. The summed E-state index contributed by atoms with van der Waals surface area (Å²) in [5.74, 6) is -1.11. The number of unbranched alkanes of at least 4 members (excludes halogenated alkanes) is 1. The van der Waals surface area contributed by atoms with Crippen LogP contribution in [0.2, 0.25) is 0 Å². The Morgan fingerprint density at radius 1 is 1.13 bits per heavy atom. The average Bonchev–Trinajstić information content (AvgIpc) is 2.71. The predicted molar refractivity (Wildman–Crippen MR) is 116 cm³/mol. The number of nitrogens with one attached hydrogen (secondary N) is 2. The van der Waals surface area contributed by atoms with Crippen molar-refractivity contribution >= 4 is 17.9 Å². The second kappa shape index (κ2) is 12.9. The highest BCUT2D eigenvalue weighted by Gasteiger charge is 2.35. The van der Waals surface area contributed by atoms with Crippen molar-refractivity contribution in [3.63, 3.8) is 0 Å². The molecule has 0 radical (unpaired) electrons. The van der Waals surface area contributed by atoms with E-state index in [1.54, 1.807) is 51.1 Å². The number of aliphatic hydroxyl groups excluding tert-OH is 2. The van der Waals surface area contributed by atoms with Crippen LogP contribution in [0.25, 0.3) is 0 Å². The number of amides is 3. The zero-order valence-corrected chi connectivity index (χ0v) is 18.8. The first-order valence-electron chi connectivity index (χ1n) is 10.5. The Balaban J connectivity index is 3.18. The summed E-state index contributed by atoms with van der Waals surface area (Å²) in [5.41, 5.74) is -0.240. The van der Waals surface area contributed by atoms with Crippen LogP contribution in [0.3, 0.4) is 0 Å². The molecule has 9 heteroatoms. The summed E-state index contributed by atoms with van der Waals surface area (Å²) in [5, 5.41) is 24.5. The first kappa shape index (κ1) is 26.4. The highest BCUT2D eigenvalue weighted by atomic mass is 16.6. The van der Waals surface area contributed by atoms with Crippen molar-refractivity contribution in [2.75, 3.05) is 26.3 Å². The van der Waals surface area contributed by atoms with Gasteiger partial charge in [-0.15, -0.1) is 0 Å². The van der Waals surface area contributed by atoms with Gasteiger partial charge in [0.2, 0.25) is 11.8 Å². The van der Waals surface area contributed by atoms with E-state index < -0.39 is 48.8 Å². The fraction of sp³-hybridized carbons (Fsp3) is 0.591. The number of aliphatic hydroxyl groups is 2. The van der Waals surface area contributed by atoms with E-state index in [0.29, 0.717) is 12.1 Å². The Morgan fingerprint density at radius 3 is 2.29 bits per heavy atom. The molecule has 9 nitrogen and oxygen atoms in total. The van der Waals surface area contributed by atoms with Crippen LogP contribution in [-0.2, 0) is 14.3 Å². The lowest BCUT2D eigenvalue weighted by Crippen LogP contribution is -2.55. The minimum atomic E-state index is -1.34. The summed E-state index contributed by atoms with van der Waals surface area (Å²) in [6, 6.07) is 6.31. The molecular formula is C22H35N3O6. The maximum absolute atomic E-state index is 13.2. The molecule has 1 aromatic carbocycles. The van der Waals surface area contributed by atoms with Gasteiger partial charge in [0.05, 0.1) is 13.2 Å². The monoisotopic (exact) mass is 437 g/mol. The van der Waals surface area contributed by atoms with Gasteiger partial charge in [0.25, 0.3) is 0 Å². The Bertz CT molecular complexity index is 705. The maximum atomic E-state index is 13.2. The molecule has 0 aliphatic rings. The van der Waals surface area contributed by atoms with Crippen LogP contribution in [-0.4, -0.2) is 71.0 Å². The number of hydrogen-bond donors (Lipinski definition) is 4. The molecule has 0 fully saturated rings. The number of hydrogen-bond acceptors (Lipinski definition) is 6. The van der Waals surface area contributed by atoms with Gasteiger partial charge >= 0.3 is 6.09 Å². The minimum absolute atomic E-state index is 0.161. The minimum Gasteiger partial charge on any atom is -0.444 e. The van der Waals surface area contributed by atoms with Crippen molar-refractivity contribution in [3.8, 4) is 0 Å². The molecule has 0 saturated heterocycles. The van der Waals surface area contributed by atoms with Crippen molar-refractivity contribution in [3.05, 3.63) is 35.9 Å². The van der Waals surface area contributed by atoms with Crippen LogP contribution in [0.1, 0.15) is 52.1 Å². The summed E-state index contributed by atoms with van der Waals surface area (Å²) in [6.07, 6.45) is 0.801. The Morgan fingerprint density at radius 2 is 1.77 bits per heavy atom.